The molecule has 2 aromatic rings. The van der Waals surface area contributed by atoms with E-state index in [4.69, 9.17) is 4.74 Å². The Morgan fingerprint density at radius 3 is 2.82 bits per heavy atom. The van der Waals surface area contributed by atoms with Crippen LogP contribution in [0.3, 0.4) is 0 Å². The largest absolute Gasteiger partial charge is 0.481 e. The lowest BCUT2D eigenvalue weighted by atomic mass is 10.3. The Balaban J connectivity index is 1.62. The molecule has 1 amide bonds. The van der Waals surface area contributed by atoms with Crippen LogP contribution in [-0.2, 0) is 10.5 Å². The summed E-state index contributed by atoms with van der Waals surface area (Å²) in [6, 6.07) is 9.58. The normalized spacial score (nSPS) is 11.9. The Labute approximate surface area is 147 Å². The zero-order valence-electron chi connectivity index (χ0n) is 12.3. The van der Waals surface area contributed by atoms with Crippen molar-refractivity contribution in [3.05, 3.63) is 51.1 Å². The molecule has 1 N–H and O–H groups in total. The van der Waals surface area contributed by atoms with Gasteiger partial charge in [0, 0.05) is 22.5 Å². The van der Waals surface area contributed by atoms with Crippen molar-refractivity contribution in [1.82, 2.24) is 5.32 Å². The van der Waals surface area contributed by atoms with Crippen molar-refractivity contribution in [2.45, 2.75) is 18.8 Å². The lowest BCUT2D eigenvalue weighted by molar-refractivity contribution is -0.127. The number of thiophene rings is 1. The number of thioether (sulfide) groups is 1. The van der Waals surface area contributed by atoms with Crippen molar-refractivity contribution in [2.75, 3.05) is 12.3 Å². The first-order valence-corrected chi connectivity index (χ1v) is 9.83. The third-order valence-electron chi connectivity index (χ3n) is 2.89. The number of halogens is 1. The van der Waals surface area contributed by atoms with Crippen molar-refractivity contribution in [2.24, 2.45) is 0 Å². The van der Waals surface area contributed by atoms with Crippen molar-refractivity contribution in [1.29, 1.82) is 0 Å². The van der Waals surface area contributed by atoms with Crippen LogP contribution >= 0.6 is 39.0 Å². The fourth-order valence-electron chi connectivity index (χ4n) is 1.73. The van der Waals surface area contributed by atoms with E-state index in [1.807, 2.05) is 36.0 Å². The van der Waals surface area contributed by atoms with Crippen LogP contribution < -0.4 is 10.1 Å². The number of carbonyl (C=O) groups excluding carboxylic acids is 1. The van der Waals surface area contributed by atoms with E-state index < -0.39 is 6.10 Å². The summed E-state index contributed by atoms with van der Waals surface area (Å²) < 4.78 is 6.59. The molecule has 3 nitrogen and oxygen atoms in total. The third-order valence-corrected chi connectivity index (χ3v) is 5.18. The van der Waals surface area contributed by atoms with E-state index in [1.54, 1.807) is 18.3 Å². The van der Waals surface area contributed by atoms with Gasteiger partial charge >= 0.3 is 0 Å². The fourth-order valence-corrected chi connectivity index (χ4v) is 3.57. The summed E-state index contributed by atoms with van der Waals surface area (Å²) in [4.78, 5) is 12.0. The smallest absolute Gasteiger partial charge is 0.260 e. The molecule has 1 heterocycles. The van der Waals surface area contributed by atoms with Gasteiger partial charge in [-0.05, 0) is 53.6 Å². The van der Waals surface area contributed by atoms with E-state index >= 15 is 0 Å². The monoisotopic (exact) mass is 399 g/mol. The van der Waals surface area contributed by atoms with Gasteiger partial charge in [-0.1, -0.05) is 15.9 Å². The van der Waals surface area contributed by atoms with Crippen LogP contribution in [0.5, 0.6) is 5.75 Å². The van der Waals surface area contributed by atoms with Gasteiger partial charge < -0.3 is 10.1 Å². The lowest BCUT2D eigenvalue weighted by Gasteiger charge is -2.14. The molecule has 1 aromatic carbocycles. The predicted molar refractivity (Wildman–Crippen MR) is 97.7 cm³/mol. The number of carbonyl (C=O) groups is 1. The Kier molecular flexibility index (Phi) is 7.29. The van der Waals surface area contributed by atoms with Crippen LogP contribution in [0.1, 0.15) is 12.5 Å². The van der Waals surface area contributed by atoms with Crippen LogP contribution in [0.25, 0.3) is 0 Å². The van der Waals surface area contributed by atoms with Gasteiger partial charge in [-0.25, -0.2) is 0 Å². The van der Waals surface area contributed by atoms with Gasteiger partial charge in [-0.15, -0.1) is 0 Å². The number of ether oxygens (including phenoxy) is 1. The highest BCUT2D eigenvalue weighted by atomic mass is 79.9. The standard InChI is InChI=1S/C16H18BrNO2S2/c1-12(20-15-4-2-14(17)3-5-15)16(19)18-7-9-22-11-13-6-8-21-10-13/h2-6,8,10,12H,7,9,11H2,1H3,(H,18,19)/t12-/m0/s1. The number of nitrogens with one attached hydrogen (secondary N) is 1. The van der Waals surface area contributed by atoms with Gasteiger partial charge in [0.15, 0.2) is 6.10 Å². The summed E-state index contributed by atoms with van der Waals surface area (Å²) in [6.45, 7) is 2.41. The van der Waals surface area contributed by atoms with E-state index in [2.05, 4.69) is 38.1 Å². The zero-order chi connectivity index (χ0) is 15.8. The van der Waals surface area contributed by atoms with E-state index in [0.29, 0.717) is 12.3 Å². The van der Waals surface area contributed by atoms with Gasteiger partial charge in [-0.3, -0.25) is 4.79 Å². The van der Waals surface area contributed by atoms with Crippen LogP contribution in [-0.4, -0.2) is 24.3 Å². The first-order chi connectivity index (χ1) is 10.6. The molecular formula is C16H18BrNO2S2. The minimum absolute atomic E-state index is 0.0842. The molecule has 6 heteroatoms. The summed E-state index contributed by atoms with van der Waals surface area (Å²) in [5.74, 6) is 2.49. The average Bonchev–Trinajstić information content (AvgIpc) is 3.02. The first-order valence-electron chi connectivity index (χ1n) is 6.94. The van der Waals surface area contributed by atoms with E-state index in [0.717, 1.165) is 16.0 Å². The van der Waals surface area contributed by atoms with E-state index in [1.165, 1.54) is 5.56 Å². The molecule has 1 aromatic heterocycles. The van der Waals surface area contributed by atoms with Crippen LogP contribution in [0.15, 0.2) is 45.6 Å². The third kappa shape index (κ3) is 6.02. The lowest BCUT2D eigenvalue weighted by Crippen LogP contribution is -2.37. The molecule has 0 radical (unpaired) electrons. The molecule has 0 aliphatic heterocycles. The SMILES string of the molecule is C[C@H](Oc1ccc(Br)cc1)C(=O)NCCSCc1ccsc1. The number of amides is 1. The molecule has 0 saturated heterocycles. The minimum Gasteiger partial charge on any atom is -0.481 e. The molecule has 0 aliphatic rings. The number of rotatable bonds is 8. The molecule has 118 valence electrons. The Hall–Kier alpha value is -0.980. The summed E-state index contributed by atoms with van der Waals surface area (Å²) in [5.41, 5.74) is 1.34. The Bertz CT molecular complexity index is 572. The maximum atomic E-state index is 12.0. The number of hydrogen-bond acceptors (Lipinski definition) is 4. The highest BCUT2D eigenvalue weighted by molar-refractivity contribution is 9.10. The quantitative estimate of drug-likeness (QED) is 0.671. The Morgan fingerprint density at radius 2 is 2.14 bits per heavy atom. The summed E-state index contributed by atoms with van der Waals surface area (Å²) in [7, 11) is 0. The zero-order valence-corrected chi connectivity index (χ0v) is 15.5. The second kappa shape index (κ2) is 9.22. The van der Waals surface area contributed by atoms with Gasteiger partial charge in [0.25, 0.3) is 5.91 Å². The predicted octanol–water partition coefficient (Wildman–Crippen LogP) is 4.33. The molecule has 2 rings (SSSR count). The number of benzene rings is 1. The van der Waals surface area contributed by atoms with Crippen molar-refractivity contribution in [3.63, 3.8) is 0 Å². The molecule has 22 heavy (non-hydrogen) atoms. The maximum absolute atomic E-state index is 12.0. The molecule has 0 saturated carbocycles. The molecular weight excluding hydrogens is 382 g/mol. The average molecular weight is 400 g/mol. The molecule has 0 aliphatic carbocycles. The van der Waals surface area contributed by atoms with Gasteiger partial charge in [-0.2, -0.15) is 23.1 Å². The molecule has 0 bridgehead atoms. The van der Waals surface area contributed by atoms with Crippen LogP contribution in [0.4, 0.5) is 0 Å². The highest BCUT2D eigenvalue weighted by Crippen LogP contribution is 2.17. The first kappa shape index (κ1) is 17.4. The fraction of sp³-hybridized carbons (Fsp3) is 0.312. The van der Waals surface area contributed by atoms with Gasteiger partial charge in [0.05, 0.1) is 0 Å². The van der Waals surface area contributed by atoms with E-state index in [9.17, 15) is 4.79 Å². The summed E-state index contributed by atoms with van der Waals surface area (Å²) in [6.07, 6.45) is -0.497. The van der Waals surface area contributed by atoms with Crippen molar-refractivity contribution in [3.8, 4) is 5.75 Å². The summed E-state index contributed by atoms with van der Waals surface area (Å²) in [5, 5.41) is 7.14. The highest BCUT2D eigenvalue weighted by Gasteiger charge is 2.13. The van der Waals surface area contributed by atoms with E-state index in [-0.39, 0.29) is 5.91 Å². The minimum atomic E-state index is -0.497. The maximum Gasteiger partial charge on any atom is 0.260 e. The topological polar surface area (TPSA) is 38.3 Å². The van der Waals surface area contributed by atoms with Crippen LogP contribution in [0, 0.1) is 0 Å². The van der Waals surface area contributed by atoms with Crippen molar-refractivity contribution >= 4 is 44.9 Å². The Morgan fingerprint density at radius 1 is 1.36 bits per heavy atom. The summed E-state index contributed by atoms with van der Waals surface area (Å²) >= 11 is 6.89. The molecule has 0 spiro atoms. The van der Waals surface area contributed by atoms with Gasteiger partial charge in [0.1, 0.15) is 5.75 Å². The van der Waals surface area contributed by atoms with Crippen molar-refractivity contribution < 1.29 is 9.53 Å². The molecule has 1 atom stereocenters. The number of hydrogen-bond donors (Lipinski definition) is 1. The van der Waals surface area contributed by atoms with Crippen LogP contribution in [0.2, 0.25) is 0 Å². The second-order valence-electron chi connectivity index (χ2n) is 4.69. The molecule has 0 unspecified atom stereocenters. The second-order valence-corrected chi connectivity index (χ2v) is 7.49. The molecule has 0 fully saturated rings. The van der Waals surface area contributed by atoms with Gasteiger partial charge in [0.2, 0.25) is 0 Å².